The van der Waals surface area contributed by atoms with E-state index in [1.165, 1.54) is 4.88 Å². The minimum Gasteiger partial charge on any atom is -0.329 e. The summed E-state index contributed by atoms with van der Waals surface area (Å²) in [5.41, 5.74) is 5.66. The fraction of sp³-hybridized carbons (Fsp3) is 0.545. The molecule has 1 fully saturated rings. The third-order valence-corrected chi connectivity index (χ3v) is 4.12. The Morgan fingerprint density at radius 2 is 2.47 bits per heavy atom. The molecule has 2 heterocycles. The number of hydrogen-bond donors (Lipinski definition) is 2. The van der Waals surface area contributed by atoms with Crippen LogP contribution in [0.4, 0.5) is 0 Å². The van der Waals surface area contributed by atoms with Gasteiger partial charge in [0.1, 0.15) is 0 Å². The number of carbonyl (C=O) groups is 1. The average molecular weight is 224 g/mol. The maximum atomic E-state index is 10.6. The standard InChI is InChI=1S/C11H16N2OS/c12-6-9-5-8(3-4-13-9)11-2-1-10(7-14)15-11/h1-2,7-9,13H,3-6,12H2. The van der Waals surface area contributed by atoms with E-state index in [0.717, 1.165) is 30.5 Å². The molecule has 1 aliphatic heterocycles. The van der Waals surface area contributed by atoms with Crippen LogP contribution in [0, 0.1) is 0 Å². The van der Waals surface area contributed by atoms with E-state index in [-0.39, 0.29) is 0 Å². The van der Waals surface area contributed by atoms with Crippen molar-refractivity contribution < 1.29 is 4.79 Å². The number of piperidine rings is 1. The van der Waals surface area contributed by atoms with E-state index < -0.39 is 0 Å². The Labute approximate surface area is 93.7 Å². The van der Waals surface area contributed by atoms with Gasteiger partial charge in [-0.05, 0) is 37.4 Å². The molecule has 0 aliphatic carbocycles. The lowest BCUT2D eigenvalue weighted by Gasteiger charge is -2.28. The topological polar surface area (TPSA) is 55.1 Å². The second-order valence-corrected chi connectivity index (χ2v) is 5.11. The summed E-state index contributed by atoms with van der Waals surface area (Å²) < 4.78 is 0. The first-order valence-corrected chi connectivity index (χ1v) is 6.13. The zero-order valence-corrected chi connectivity index (χ0v) is 9.43. The summed E-state index contributed by atoms with van der Waals surface area (Å²) in [6, 6.07) is 4.43. The molecule has 0 radical (unpaired) electrons. The first-order chi connectivity index (χ1) is 7.33. The quantitative estimate of drug-likeness (QED) is 0.762. The van der Waals surface area contributed by atoms with Gasteiger partial charge in [0.15, 0.2) is 6.29 Å². The van der Waals surface area contributed by atoms with E-state index in [2.05, 4.69) is 11.4 Å². The van der Waals surface area contributed by atoms with Crippen molar-refractivity contribution in [1.82, 2.24) is 5.32 Å². The zero-order chi connectivity index (χ0) is 10.7. The summed E-state index contributed by atoms with van der Waals surface area (Å²) in [5.74, 6) is 0.582. The first-order valence-electron chi connectivity index (χ1n) is 5.32. The molecule has 1 aromatic heterocycles. The van der Waals surface area contributed by atoms with Crippen LogP contribution in [0.3, 0.4) is 0 Å². The SMILES string of the molecule is NCC1CC(c2ccc(C=O)s2)CCN1. The van der Waals surface area contributed by atoms with Crippen LogP contribution in [0.5, 0.6) is 0 Å². The van der Waals surface area contributed by atoms with Crippen LogP contribution < -0.4 is 11.1 Å². The minimum absolute atomic E-state index is 0.436. The van der Waals surface area contributed by atoms with Gasteiger partial charge in [-0.15, -0.1) is 11.3 Å². The Hall–Kier alpha value is -0.710. The highest BCUT2D eigenvalue weighted by Gasteiger charge is 2.22. The Morgan fingerprint density at radius 3 is 3.13 bits per heavy atom. The lowest BCUT2D eigenvalue weighted by molar-refractivity contribution is 0.112. The highest BCUT2D eigenvalue weighted by Crippen LogP contribution is 2.32. The van der Waals surface area contributed by atoms with Crippen molar-refractivity contribution >= 4 is 17.6 Å². The van der Waals surface area contributed by atoms with Gasteiger partial charge in [0.25, 0.3) is 0 Å². The zero-order valence-electron chi connectivity index (χ0n) is 8.61. The van der Waals surface area contributed by atoms with Gasteiger partial charge in [-0.1, -0.05) is 0 Å². The highest BCUT2D eigenvalue weighted by molar-refractivity contribution is 7.13. The number of nitrogens with one attached hydrogen (secondary N) is 1. The molecule has 0 aromatic carbocycles. The van der Waals surface area contributed by atoms with Crippen molar-refractivity contribution in [2.24, 2.45) is 5.73 Å². The second kappa shape index (κ2) is 4.88. The lowest BCUT2D eigenvalue weighted by Crippen LogP contribution is -2.42. The van der Waals surface area contributed by atoms with Gasteiger partial charge in [-0.2, -0.15) is 0 Å². The van der Waals surface area contributed by atoms with Crippen LogP contribution >= 0.6 is 11.3 Å². The predicted octanol–water partition coefficient (Wildman–Crippen LogP) is 1.35. The molecule has 1 aromatic rings. The third kappa shape index (κ3) is 2.45. The average Bonchev–Trinajstić information content (AvgIpc) is 2.78. The molecule has 2 unspecified atom stereocenters. The van der Waals surface area contributed by atoms with Crippen LogP contribution in [-0.2, 0) is 0 Å². The molecule has 0 amide bonds. The van der Waals surface area contributed by atoms with Crippen LogP contribution in [0.25, 0.3) is 0 Å². The van der Waals surface area contributed by atoms with E-state index in [1.807, 2.05) is 6.07 Å². The Balaban J connectivity index is 2.06. The molecule has 4 heteroatoms. The molecule has 3 nitrogen and oxygen atoms in total. The van der Waals surface area contributed by atoms with Gasteiger partial charge in [0.05, 0.1) is 4.88 Å². The molecular weight excluding hydrogens is 208 g/mol. The van der Waals surface area contributed by atoms with Crippen molar-refractivity contribution in [1.29, 1.82) is 0 Å². The fourth-order valence-electron chi connectivity index (χ4n) is 2.10. The van der Waals surface area contributed by atoms with Crippen molar-refractivity contribution in [3.63, 3.8) is 0 Å². The molecule has 1 saturated heterocycles. The largest absolute Gasteiger partial charge is 0.329 e. The highest BCUT2D eigenvalue weighted by atomic mass is 32.1. The van der Waals surface area contributed by atoms with Gasteiger partial charge in [0.2, 0.25) is 0 Å². The summed E-state index contributed by atoms with van der Waals surface area (Å²) >= 11 is 1.62. The smallest absolute Gasteiger partial charge is 0.160 e. The van der Waals surface area contributed by atoms with E-state index in [1.54, 1.807) is 11.3 Å². The van der Waals surface area contributed by atoms with Gasteiger partial charge in [-0.3, -0.25) is 4.79 Å². The maximum Gasteiger partial charge on any atom is 0.160 e. The van der Waals surface area contributed by atoms with Crippen molar-refractivity contribution in [3.05, 3.63) is 21.9 Å². The lowest BCUT2D eigenvalue weighted by atomic mass is 9.91. The summed E-state index contributed by atoms with van der Waals surface area (Å²) in [4.78, 5) is 12.8. The molecule has 2 atom stereocenters. The number of nitrogens with two attached hydrogens (primary N) is 1. The second-order valence-electron chi connectivity index (χ2n) is 3.97. The molecule has 0 saturated carbocycles. The minimum atomic E-state index is 0.436. The third-order valence-electron chi connectivity index (χ3n) is 2.95. The number of thiophene rings is 1. The first kappa shape index (κ1) is 10.8. The van der Waals surface area contributed by atoms with Crippen LogP contribution in [0.15, 0.2) is 12.1 Å². The Bertz CT molecular complexity index is 337. The van der Waals surface area contributed by atoms with Crippen molar-refractivity contribution in [2.75, 3.05) is 13.1 Å². The fourth-order valence-corrected chi connectivity index (χ4v) is 3.07. The van der Waals surface area contributed by atoms with E-state index in [9.17, 15) is 4.79 Å². The van der Waals surface area contributed by atoms with Crippen molar-refractivity contribution in [3.8, 4) is 0 Å². The number of carbonyl (C=O) groups excluding carboxylic acids is 1. The number of hydrogen-bond acceptors (Lipinski definition) is 4. The number of aldehydes is 1. The van der Waals surface area contributed by atoms with Gasteiger partial charge in [-0.25, -0.2) is 0 Å². The van der Waals surface area contributed by atoms with Crippen LogP contribution in [-0.4, -0.2) is 25.4 Å². The van der Waals surface area contributed by atoms with Gasteiger partial charge < -0.3 is 11.1 Å². The monoisotopic (exact) mass is 224 g/mol. The van der Waals surface area contributed by atoms with Gasteiger partial charge in [0, 0.05) is 17.5 Å². The summed E-state index contributed by atoms with van der Waals surface area (Å²) in [5, 5.41) is 3.40. The molecule has 0 bridgehead atoms. The summed E-state index contributed by atoms with van der Waals surface area (Å²) in [6.07, 6.45) is 3.17. The van der Waals surface area contributed by atoms with E-state index in [4.69, 9.17) is 5.73 Å². The normalized spacial score (nSPS) is 26.5. The predicted molar refractivity (Wildman–Crippen MR) is 62.5 cm³/mol. The van der Waals surface area contributed by atoms with Crippen LogP contribution in [0.2, 0.25) is 0 Å². The number of rotatable bonds is 3. The van der Waals surface area contributed by atoms with Crippen LogP contribution in [0.1, 0.15) is 33.3 Å². The van der Waals surface area contributed by atoms with E-state index in [0.29, 0.717) is 18.5 Å². The van der Waals surface area contributed by atoms with E-state index >= 15 is 0 Å². The summed E-state index contributed by atoms with van der Waals surface area (Å²) in [7, 11) is 0. The maximum absolute atomic E-state index is 10.6. The molecule has 15 heavy (non-hydrogen) atoms. The molecule has 3 N–H and O–H groups in total. The Kier molecular flexibility index (Phi) is 3.51. The summed E-state index contributed by atoms with van der Waals surface area (Å²) in [6.45, 7) is 1.73. The molecule has 2 rings (SSSR count). The molecule has 1 aliphatic rings. The Morgan fingerprint density at radius 1 is 1.60 bits per heavy atom. The molecule has 0 spiro atoms. The van der Waals surface area contributed by atoms with Crippen molar-refractivity contribution in [2.45, 2.75) is 24.8 Å². The van der Waals surface area contributed by atoms with Gasteiger partial charge >= 0.3 is 0 Å². The molecular formula is C11H16N2OS. The molecule has 82 valence electrons.